The van der Waals surface area contributed by atoms with Gasteiger partial charge in [0.05, 0.1) is 6.61 Å². The zero-order chi connectivity index (χ0) is 12.4. The van der Waals surface area contributed by atoms with Crippen molar-refractivity contribution in [3.63, 3.8) is 0 Å². The van der Waals surface area contributed by atoms with E-state index in [4.69, 9.17) is 15.9 Å². The molecule has 4 unspecified atom stereocenters. The number of carboxylic acids is 1. The molecule has 0 aromatic carbocycles. The van der Waals surface area contributed by atoms with Crippen molar-refractivity contribution in [2.75, 3.05) is 6.61 Å². The smallest absolute Gasteiger partial charge is 0.322 e. The Morgan fingerprint density at radius 1 is 1.35 bits per heavy atom. The molecule has 4 N–H and O–H groups in total. The van der Waals surface area contributed by atoms with Crippen LogP contribution in [0.3, 0.4) is 0 Å². The molecule has 0 amide bonds. The summed E-state index contributed by atoms with van der Waals surface area (Å²) >= 11 is 0. The van der Waals surface area contributed by atoms with Crippen LogP contribution < -0.4 is 5.73 Å². The number of nitrogens with two attached hydrogens (primary N) is 1. The molecule has 1 fully saturated rings. The van der Waals surface area contributed by atoms with Crippen molar-refractivity contribution >= 4 is 5.97 Å². The van der Waals surface area contributed by atoms with Gasteiger partial charge in [-0.15, -0.1) is 0 Å². The molecule has 5 atom stereocenters. The molecule has 94 valence electrons. The highest BCUT2D eigenvalue weighted by Gasteiger charge is 2.44. The van der Waals surface area contributed by atoms with E-state index in [1.165, 1.54) is 12.8 Å². The molecule has 4 heteroatoms. The van der Waals surface area contributed by atoms with Crippen LogP contribution in [0.1, 0.15) is 12.8 Å². The van der Waals surface area contributed by atoms with E-state index >= 15 is 0 Å². The van der Waals surface area contributed by atoms with Gasteiger partial charge in [-0.1, -0.05) is 24.3 Å². The van der Waals surface area contributed by atoms with Gasteiger partial charge in [-0.2, -0.15) is 0 Å². The van der Waals surface area contributed by atoms with E-state index in [0.717, 1.165) is 23.7 Å². The summed E-state index contributed by atoms with van der Waals surface area (Å²) in [7, 11) is 0. The molecule has 0 heterocycles. The van der Waals surface area contributed by atoms with E-state index in [1.54, 1.807) is 0 Å². The number of allylic oxidation sites excluding steroid dienone is 4. The molecule has 1 saturated carbocycles. The molecule has 3 aliphatic carbocycles. The summed E-state index contributed by atoms with van der Waals surface area (Å²) in [6.45, 7) is -0.505. The Morgan fingerprint density at radius 3 is 2.59 bits per heavy atom. The summed E-state index contributed by atoms with van der Waals surface area (Å²) in [5, 5.41) is 15.9. The zero-order valence-electron chi connectivity index (χ0n) is 9.70. The molecular formula is C13H19NO3. The molecule has 0 saturated heterocycles. The van der Waals surface area contributed by atoms with Crippen LogP contribution in [-0.4, -0.2) is 28.8 Å². The zero-order valence-corrected chi connectivity index (χ0v) is 9.70. The minimum Gasteiger partial charge on any atom is -0.480 e. The first-order valence-corrected chi connectivity index (χ1v) is 6.07. The Bertz CT molecular complexity index is 351. The summed E-state index contributed by atoms with van der Waals surface area (Å²) in [4.78, 5) is 9.65. The Hall–Kier alpha value is -1.13. The lowest BCUT2D eigenvalue weighted by Crippen LogP contribution is -2.33. The minimum absolute atomic E-state index is 0.505. The van der Waals surface area contributed by atoms with E-state index in [-0.39, 0.29) is 0 Å². The van der Waals surface area contributed by atoms with Crippen LogP contribution in [-0.2, 0) is 4.79 Å². The maximum absolute atomic E-state index is 9.65. The first kappa shape index (κ1) is 12.3. The van der Waals surface area contributed by atoms with Gasteiger partial charge in [0.15, 0.2) is 0 Å². The first-order chi connectivity index (χ1) is 8.13. The molecule has 0 aliphatic heterocycles. The van der Waals surface area contributed by atoms with Gasteiger partial charge >= 0.3 is 5.97 Å². The van der Waals surface area contributed by atoms with Crippen LogP contribution in [0.4, 0.5) is 0 Å². The van der Waals surface area contributed by atoms with Gasteiger partial charge in [-0.05, 0) is 36.5 Å². The van der Waals surface area contributed by atoms with E-state index in [1.807, 2.05) is 0 Å². The monoisotopic (exact) mass is 237 g/mol. The summed E-state index contributed by atoms with van der Waals surface area (Å²) in [6, 6.07) is -1.13. The van der Waals surface area contributed by atoms with Crippen LogP contribution in [0.25, 0.3) is 0 Å². The second-order valence-corrected chi connectivity index (χ2v) is 4.98. The van der Waals surface area contributed by atoms with Gasteiger partial charge in [0, 0.05) is 0 Å². The molecule has 0 aromatic rings. The summed E-state index contributed by atoms with van der Waals surface area (Å²) in [5.41, 5.74) is 4.77. The molecule has 3 aliphatic rings. The molecule has 0 aromatic heterocycles. The third-order valence-corrected chi connectivity index (χ3v) is 3.97. The number of aliphatic carboxylic acids is 1. The van der Waals surface area contributed by atoms with Crippen molar-refractivity contribution in [3.05, 3.63) is 24.3 Å². The van der Waals surface area contributed by atoms with Gasteiger partial charge in [0.1, 0.15) is 6.04 Å². The quantitative estimate of drug-likeness (QED) is 0.620. The molecule has 0 radical (unpaired) electrons. The number of aliphatic hydroxyl groups excluding tert-OH is 1. The van der Waals surface area contributed by atoms with E-state index in [0.29, 0.717) is 0 Å². The van der Waals surface area contributed by atoms with Crippen LogP contribution in [0.2, 0.25) is 0 Å². The first-order valence-electron chi connectivity index (χ1n) is 6.07. The highest BCUT2D eigenvalue weighted by atomic mass is 16.4. The number of aliphatic hydroxyl groups is 1. The number of carboxylic acid groups (broad SMARTS) is 1. The summed E-state index contributed by atoms with van der Waals surface area (Å²) in [5.74, 6) is 2.64. The summed E-state index contributed by atoms with van der Waals surface area (Å²) < 4.78 is 0. The van der Waals surface area contributed by atoms with Crippen molar-refractivity contribution in [2.24, 2.45) is 29.4 Å². The van der Waals surface area contributed by atoms with E-state index < -0.39 is 18.6 Å². The third kappa shape index (κ3) is 2.42. The molecule has 3 rings (SSSR count). The minimum atomic E-state index is -1.18. The van der Waals surface area contributed by atoms with Crippen molar-refractivity contribution in [3.8, 4) is 0 Å². The lowest BCUT2D eigenvalue weighted by molar-refractivity contribution is -0.139. The van der Waals surface area contributed by atoms with Crippen LogP contribution in [0.15, 0.2) is 24.3 Å². The standard InChI is InChI=1S/C10H12.C3H7NO3/c1-2-9-7-4-5-8(6-7)10(9)3-1;4-2(1-5)3(6)7/h1-2,4-5,7-10H,3,6H2;2,5H,1,4H2,(H,6,7)/t;2-/m.0/s1. The normalized spacial score (nSPS) is 37.5. The van der Waals surface area contributed by atoms with Gasteiger partial charge in [0.25, 0.3) is 0 Å². The largest absolute Gasteiger partial charge is 0.480 e. The van der Waals surface area contributed by atoms with E-state index in [2.05, 4.69) is 24.3 Å². The van der Waals surface area contributed by atoms with Gasteiger partial charge in [0.2, 0.25) is 0 Å². The van der Waals surface area contributed by atoms with Gasteiger partial charge in [-0.25, -0.2) is 0 Å². The fourth-order valence-electron chi connectivity index (χ4n) is 3.05. The average molecular weight is 237 g/mol. The second kappa shape index (κ2) is 5.02. The predicted octanol–water partition coefficient (Wildman–Crippen LogP) is 0.775. The average Bonchev–Trinajstić information content (AvgIpc) is 3.00. The van der Waals surface area contributed by atoms with Crippen LogP contribution >= 0.6 is 0 Å². The Kier molecular flexibility index (Phi) is 3.64. The predicted molar refractivity (Wildman–Crippen MR) is 64.2 cm³/mol. The van der Waals surface area contributed by atoms with Crippen molar-refractivity contribution in [1.29, 1.82) is 0 Å². The number of hydrogen-bond acceptors (Lipinski definition) is 3. The lowest BCUT2D eigenvalue weighted by Gasteiger charge is -2.18. The Labute approximate surface area is 101 Å². The molecule has 17 heavy (non-hydrogen) atoms. The second-order valence-electron chi connectivity index (χ2n) is 4.98. The lowest BCUT2D eigenvalue weighted by atomic mass is 9.86. The third-order valence-electron chi connectivity index (χ3n) is 3.97. The fraction of sp³-hybridized carbons (Fsp3) is 0.615. The maximum atomic E-state index is 9.65. The molecule has 2 bridgehead atoms. The number of hydrogen-bond donors (Lipinski definition) is 3. The topological polar surface area (TPSA) is 83.5 Å². The molecule has 4 nitrogen and oxygen atoms in total. The highest BCUT2D eigenvalue weighted by Crippen LogP contribution is 2.52. The number of rotatable bonds is 2. The van der Waals surface area contributed by atoms with Crippen LogP contribution in [0, 0.1) is 23.7 Å². The number of fused-ring (bicyclic) bond motifs is 5. The van der Waals surface area contributed by atoms with Gasteiger partial charge in [-0.3, -0.25) is 4.79 Å². The van der Waals surface area contributed by atoms with Crippen molar-refractivity contribution in [1.82, 2.24) is 0 Å². The van der Waals surface area contributed by atoms with Gasteiger partial charge < -0.3 is 15.9 Å². The maximum Gasteiger partial charge on any atom is 0.322 e. The van der Waals surface area contributed by atoms with E-state index in [9.17, 15) is 4.79 Å². The fourth-order valence-corrected chi connectivity index (χ4v) is 3.05. The molecule has 0 spiro atoms. The van der Waals surface area contributed by atoms with Crippen LogP contribution in [0.5, 0.6) is 0 Å². The SMILES string of the molecule is C1=CC2C3C=CC(C3)C2C1.N[C@@H](CO)C(=O)O. The summed E-state index contributed by atoms with van der Waals surface area (Å²) in [6.07, 6.45) is 12.5. The Morgan fingerprint density at radius 2 is 2.06 bits per heavy atom. The Balaban J connectivity index is 0.000000139. The highest BCUT2D eigenvalue weighted by molar-refractivity contribution is 5.73. The molecular weight excluding hydrogens is 218 g/mol. The number of carbonyl (C=O) groups is 1. The van der Waals surface area contributed by atoms with Crippen molar-refractivity contribution in [2.45, 2.75) is 18.9 Å². The van der Waals surface area contributed by atoms with Crippen molar-refractivity contribution < 1.29 is 15.0 Å².